The molecule has 0 N–H and O–H groups in total. The highest BCUT2D eigenvalue weighted by Crippen LogP contribution is 2.34. The van der Waals surface area contributed by atoms with Gasteiger partial charge >= 0.3 is 0 Å². The molecule has 0 aromatic heterocycles. The van der Waals surface area contributed by atoms with Crippen LogP contribution in [0.1, 0.15) is 35.4 Å². The van der Waals surface area contributed by atoms with E-state index in [1.54, 1.807) is 0 Å². The Morgan fingerprint density at radius 1 is 0.679 bits per heavy atom. The molecule has 0 aliphatic heterocycles. The molecule has 0 saturated carbocycles. The molecule has 0 saturated heterocycles. The van der Waals surface area contributed by atoms with E-state index >= 15 is 0 Å². The molecule has 0 spiro atoms. The van der Waals surface area contributed by atoms with E-state index in [1.165, 1.54) is 16.7 Å². The Hall–Kier alpha value is -3.13. The molecular weight excluding hydrogens is 342 g/mol. The number of nitrogens with zero attached hydrogens (tertiary/aromatic N) is 1. The molecule has 0 amide bonds. The lowest BCUT2D eigenvalue weighted by Crippen LogP contribution is -2.27. The average Bonchev–Trinajstić information content (AvgIpc) is 2.75. The second-order valence-corrected chi connectivity index (χ2v) is 7.45. The highest BCUT2D eigenvalue weighted by molar-refractivity contribution is 5.92. The molecule has 3 aromatic carbocycles. The van der Waals surface area contributed by atoms with Crippen molar-refractivity contribution in [2.75, 3.05) is 0 Å². The third kappa shape index (κ3) is 4.58. The molecule has 2 nitrogen and oxygen atoms in total. The van der Waals surface area contributed by atoms with Crippen molar-refractivity contribution in [3.63, 3.8) is 0 Å². The minimum Gasteiger partial charge on any atom is -0.366 e. The second kappa shape index (κ2) is 8.71. The number of ketones is 1. The summed E-state index contributed by atoms with van der Waals surface area (Å²) in [5, 5.41) is 0. The standard InChI is InChI=1S/C26H25NO/c28-26-17-24(23-14-8-3-9-15-23)16-25(18-26)27(19-21-10-4-1-5-11-21)20-22-12-6-2-7-13-22/h1-15,18,24H,16-17,19-20H2. The van der Waals surface area contributed by atoms with Gasteiger partial charge < -0.3 is 4.90 Å². The van der Waals surface area contributed by atoms with Gasteiger partial charge in [-0.05, 0) is 29.0 Å². The lowest BCUT2D eigenvalue weighted by molar-refractivity contribution is -0.115. The molecule has 4 rings (SSSR count). The maximum Gasteiger partial charge on any atom is 0.158 e. The first-order chi connectivity index (χ1) is 13.8. The van der Waals surface area contributed by atoms with E-state index in [9.17, 15) is 4.79 Å². The van der Waals surface area contributed by atoms with Crippen LogP contribution in [0.4, 0.5) is 0 Å². The number of rotatable bonds is 6. The number of benzene rings is 3. The summed E-state index contributed by atoms with van der Waals surface area (Å²) in [6.07, 6.45) is 3.36. The van der Waals surface area contributed by atoms with Crippen molar-refractivity contribution in [1.29, 1.82) is 0 Å². The van der Waals surface area contributed by atoms with Crippen LogP contribution in [0.2, 0.25) is 0 Å². The van der Waals surface area contributed by atoms with E-state index in [-0.39, 0.29) is 11.7 Å². The lowest BCUT2D eigenvalue weighted by atomic mass is 9.85. The molecule has 140 valence electrons. The average molecular weight is 367 g/mol. The van der Waals surface area contributed by atoms with Gasteiger partial charge in [-0.1, -0.05) is 91.0 Å². The van der Waals surface area contributed by atoms with Crippen molar-refractivity contribution < 1.29 is 4.79 Å². The number of hydrogen-bond donors (Lipinski definition) is 0. The van der Waals surface area contributed by atoms with Gasteiger partial charge in [0.15, 0.2) is 5.78 Å². The van der Waals surface area contributed by atoms with E-state index < -0.39 is 0 Å². The van der Waals surface area contributed by atoms with Crippen molar-refractivity contribution >= 4 is 5.78 Å². The Kier molecular flexibility index (Phi) is 5.67. The molecule has 1 unspecified atom stereocenters. The number of hydrogen-bond acceptors (Lipinski definition) is 2. The summed E-state index contributed by atoms with van der Waals surface area (Å²) in [5.41, 5.74) is 4.90. The minimum absolute atomic E-state index is 0.223. The van der Waals surface area contributed by atoms with Crippen LogP contribution in [0, 0.1) is 0 Å². The predicted molar refractivity (Wildman–Crippen MR) is 114 cm³/mol. The Bertz CT molecular complexity index is 890. The van der Waals surface area contributed by atoms with E-state index in [1.807, 2.05) is 24.3 Å². The van der Waals surface area contributed by atoms with Crippen molar-refractivity contribution in [2.45, 2.75) is 31.8 Å². The van der Waals surface area contributed by atoms with Gasteiger partial charge in [-0.2, -0.15) is 0 Å². The molecular formula is C26H25NO. The van der Waals surface area contributed by atoms with Crippen LogP contribution in [0.5, 0.6) is 0 Å². The third-order valence-electron chi connectivity index (χ3n) is 5.34. The number of allylic oxidation sites excluding steroid dienone is 2. The largest absolute Gasteiger partial charge is 0.366 e. The van der Waals surface area contributed by atoms with Gasteiger partial charge in [0.05, 0.1) is 0 Å². The Morgan fingerprint density at radius 2 is 1.18 bits per heavy atom. The lowest BCUT2D eigenvalue weighted by Gasteiger charge is -2.32. The van der Waals surface area contributed by atoms with Gasteiger partial charge in [-0.15, -0.1) is 0 Å². The fourth-order valence-electron chi connectivity index (χ4n) is 3.92. The minimum atomic E-state index is 0.223. The molecule has 1 aliphatic rings. The molecule has 0 fully saturated rings. The van der Waals surface area contributed by atoms with Crippen LogP contribution in [-0.4, -0.2) is 10.7 Å². The van der Waals surface area contributed by atoms with Gasteiger partial charge in [-0.25, -0.2) is 0 Å². The third-order valence-corrected chi connectivity index (χ3v) is 5.34. The first kappa shape index (κ1) is 18.2. The van der Waals surface area contributed by atoms with Crippen LogP contribution in [0.3, 0.4) is 0 Å². The van der Waals surface area contributed by atoms with Crippen molar-refractivity contribution in [3.8, 4) is 0 Å². The summed E-state index contributed by atoms with van der Waals surface area (Å²) in [6.45, 7) is 1.60. The first-order valence-electron chi connectivity index (χ1n) is 9.89. The predicted octanol–water partition coefficient (Wildman–Crippen LogP) is 5.72. The van der Waals surface area contributed by atoms with E-state index in [4.69, 9.17) is 0 Å². The van der Waals surface area contributed by atoms with Gasteiger partial charge in [-0.3, -0.25) is 4.79 Å². The normalized spacial score (nSPS) is 16.5. The zero-order valence-corrected chi connectivity index (χ0v) is 16.0. The van der Waals surface area contributed by atoms with Gasteiger partial charge in [0.1, 0.15) is 0 Å². The summed E-state index contributed by atoms with van der Waals surface area (Å²) in [7, 11) is 0. The van der Waals surface area contributed by atoms with Gasteiger partial charge in [0.25, 0.3) is 0 Å². The highest BCUT2D eigenvalue weighted by atomic mass is 16.1. The fraction of sp³-hybridized carbons (Fsp3) is 0.192. The Balaban J connectivity index is 1.61. The molecule has 0 radical (unpaired) electrons. The van der Waals surface area contributed by atoms with E-state index in [2.05, 4.69) is 77.7 Å². The van der Waals surface area contributed by atoms with Crippen LogP contribution in [-0.2, 0) is 17.9 Å². The zero-order valence-electron chi connectivity index (χ0n) is 16.0. The number of carbonyl (C=O) groups is 1. The molecule has 28 heavy (non-hydrogen) atoms. The molecule has 1 atom stereocenters. The summed E-state index contributed by atoms with van der Waals surface area (Å²) in [6, 6.07) is 31.4. The second-order valence-electron chi connectivity index (χ2n) is 7.45. The van der Waals surface area contributed by atoms with E-state index in [0.29, 0.717) is 6.42 Å². The van der Waals surface area contributed by atoms with Crippen molar-refractivity contribution in [1.82, 2.24) is 4.90 Å². The van der Waals surface area contributed by atoms with Crippen molar-refractivity contribution in [3.05, 3.63) is 119 Å². The topological polar surface area (TPSA) is 20.3 Å². The zero-order chi connectivity index (χ0) is 19.2. The molecule has 3 aromatic rings. The molecule has 2 heteroatoms. The summed E-state index contributed by atoms with van der Waals surface area (Å²) in [4.78, 5) is 14.9. The summed E-state index contributed by atoms with van der Waals surface area (Å²) in [5.74, 6) is 0.476. The SMILES string of the molecule is O=C1C=C(N(Cc2ccccc2)Cc2ccccc2)CC(c2ccccc2)C1. The van der Waals surface area contributed by atoms with Crippen LogP contribution in [0.25, 0.3) is 0 Å². The van der Waals surface area contributed by atoms with Gasteiger partial charge in [0, 0.05) is 31.3 Å². The summed E-state index contributed by atoms with van der Waals surface area (Å²) < 4.78 is 0. The van der Waals surface area contributed by atoms with Crippen molar-refractivity contribution in [2.24, 2.45) is 0 Å². The smallest absolute Gasteiger partial charge is 0.158 e. The van der Waals surface area contributed by atoms with Crippen LogP contribution >= 0.6 is 0 Å². The maximum absolute atomic E-state index is 12.6. The fourth-order valence-corrected chi connectivity index (χ4v) is 3.92. The van der Waals surface area contributed by atoms with Gasteiger partial charge in [0.2, 0.25) is 0 Å². The van der Waals surface area contributed by atoms with E-state index in [0.717, 1.165) is 25.2 Å². The molecule has 0 heterocycles. The van der Waals surface area contributed by atoms with Crippen LogP contribution in [0.15, 0.2) is 103 Å². The number of carbonyl (C=O) groups excluding carboxylic acids is 1. The quantitative estimate of drug-likeness (QED) is 0.555. The monoisotopic (exact) mass is 367 g/mol. The first-order valence-corrected chi connectivity index (χ1v) is 9.89. The Labute approximate surface area is 167 Å². The molecule has 1 aliphatic carbocycles. The van der Waals surface area contributed by atoms with Crippen LogP contribution < -0.4 is 0 Å². The molecule has 0 bridgehead atoms. The Morgan fingerprint density at radius 3 is 1.71 bits per heavy atom. The summed E-state index contributed by atoms with van der Waals surface area (Å²) >= 11 is 0. The highest BCUT2D eigenvalue weighted by Gasteiger charge is 2.25. The maximum atomic E-state index is 12.6.